The molecular weight excluding hydrogens is 244 g/mol. The summed E-state index contributed by atoms with van der Waals surface area (Å²) in [5, 5.41) is 5.97. The first-order chi connectivity index (χ1) is 9.10. The van der Waals surface area contributed by atoms with E-state index in [4.69, 9.17) is 4.74 Å². The lowest BCUT2D eigenvalue weighted by molar-refractivity contribution is -0.143. The van der Waals surface area contributed by atoms with Crippen molar-refractivity contribution in [1.29, 1.82) is 0 Å². The average Bonchev–Trinajstić information content (AvgIpc) is 2.71. The summed E-state index contributed by atoms with van der Waals surface area (Å²) in [6.45, 7) is 4.68. The minimum absolute atomic E-state index is 0.0402. The third-order valence-electron chi connectivity index (χ3n) is 2.99. The summed E-state index contributed by atoms with van der Waals surface area (Å²) in [4.78, 5) is 22.9. The molecule has 0 spiro atoms. The van der Waals surface area contributed by atoms with Gasteiger partial charge in [-0.25, -0.2) is 0 Å². The zero-order chi connectivity index (χ0) is 13.8. The highest BCUT2D eigenvalue weighted by Gasteiger charge is 2.19. The van der Waals surface area contributed by atoms with Crippen LogP contribution < -0.4 is 10.6 Å². The van der Waals surface area contributed by atoms with Crippen molar-refractivity contribution in [3.63, 3.8) is 0 Å². The number of ether oxygens (including phenoxy) is 1. The lowest BCUT2D eigenvalue weighted by Gasteiger charge is -2.15. The van der Waals surface area contributed by atoms with E-state index in [1.54, 1.807) is 6.92 Å². The van der Waals surface area contributed by atoms with Gasteiger partial charge in [-0.05, 0) is 31.5 Å². The number of hydrogen-bond donors (Lipinski definition) is 2. The number of fused-ring (bicyclic) bond motifs is 1. The van der Waals surface area contributed by atoms with Crippen molar-refractivity contribution >= 4 is 17.6 Å². The van der Waals surface area contributed by atoms with Gasteiger partial charge in [0, 0.05) is 23.8 Å². The molecule has 2 rings (SSSR count). The zero-order valence-corrected chi connectivity index (χ0v) is 11.2. The van der Waals surface area contributed by atoms with Gasteiger partial charge in [-0.15, -0.1) is 0 Å². The van der Waals surface area contributed by atoms with Gasteiger partial charge < -0.3 is 15.4 Å². The molecule has 1 aliphatic heterocycles. The maximum atomic E-state index is 11.6. The molecule has 1 atom stereocenters. The third kappa shape index (κ3) is 3.24. The smallest absolute Gasteiger partial charge is 0.307 e. The Kier molecular flexibility index (Phi) is 4.04. The van der Waals surface area contributed by atoms with Crippen LogP contribution in [0.15, 0.2) is 18.2 Å². The van der Waals surface area contributed by atoms with E-state index in [0.29, 0.717) is 25.1 Å². The normalized spacial score (nSPS) is 14.5. The van der Waals surface area contributed by atoms with Crippen LogP contribution in [0.5, 0.6) is 0 Å². The predicted octanol–water partition coefficient (Wildman–Crippen LogP) is 1.68. The Balaban J connectivity index is 1.98. The molecule has 5 heteroatoms. The number of esters is 1. The van der Waals surface area contributed by atoms with Crippen LogP contribution >= 0.6 is 0 Å². The van der Waals surface area contributed by atoms with Crippen molar-refractivity contribution in [1.82, 2.24) is 5.32 Å². The lowest BCUT2D eigenvalue weighted by Crippen LogP contribution is -2.21. The van der Waals surface area contributed by atoms with Gasteiger partial charge >= 0.3 is 5.97 Å². The predicted molar refractivity (Wildman–Crippen MR) is 71.9 cm³/mol. The number of nitrogens with one attached hydrogen (secondary N) is 2. The van der Waals surface area contributed by atoms with Gasteiger partial charge in [0.05, 0.1) is 13.0 Å². The summed E-state index contributed by atoms with van der Waals surface area (Å²) >= 11 is 0. The fourth-order valence-corrected chi connectivity index (χ4v) is 2.11. The van der Waals surface area contributed by atoms with Crippen LogP contribution in [0.25, 0.3) is 0 Å². The SMILES string of the molecule is CCOC(=O)CC(C)Nc1ccc2c(c1)C(=O)NC2. The number of rotatable bonds is 5. The van der Waals surface area contributed by atoms with Crippen LogP contribution in [-0.2, 0) is 16.1 Å². The first-order valence-corrected chi connectivity index (χ1v) is 6.43. The molecule has 1 amide bonds. The molecule has 1 aromatic carbocycles. The monoisotopic (exact) mass is 262 g/mol. The largest absolute Gasteiger partial charge is 0.466 e. The average molecular weight is 262 g/mol. The lowest BCUT2D eigenvalue weighted by atomic mass is 10.1. The number of carbonyl (C=O) groups excluding carboxylic acids is 2. The minimum atomic E-state index is -0.221. The molecule has 0 aromatic heterocycles. The summed E-state index contributed by atoms with van der Waals surface area (Å²) < 4.78 is 4.90. The first-order valence-electron chi connectivity index (χ1n) is 6.43. The van der Waals surface area contributed by atoms with E-state index in [-0.39, 0.29) is 17.9 Å². The molecule has 19 heavy (non-hydrogen) atoms. The van der Waals surface area contributed by atoms with E-state index in [0.717, 1.165) is 11.3 Å². The van der Waals surface area contributed by atoms with Crippen LogP contribution in [-0.4, -0.2) is 24.5 Å². The Morgan fingerprint density at radius 3 is 3.05 bits per heavy atom. The molecule has 5 nitrogen and oxygen atoms in total. The Morgan fingerprint density at radius 1 is 1.53 bits per heavy atom. The van der Waals surface area contributed by atoms with Gasteiger partial charge in [-0.2, -0.15) is 0 Å². The Labute approximate surface area is 112 Å². The van der Waals surface area contributed by atoms with Crippen molar-refractivity contribution in [3.05, 3.63) is 29.3 Å². The van der Waals surface area contributed by atoms with Crippen LogP contribution in [0, 0.1) is 0 Å². The molecule has 0 bridgehead atoms. The van der Waals surface area contributed by atoms with Crippen LogP contribution in [0.4, 0.5) is 5.69 Å². The number of hydrogen-bond acceptors (Lipinski definition) is 4. The summed E-state index contributed by atoms with van der Waals surface area (Å²) in [6.07, 6.45) is 0.303. The third-order valence-corrected chi connectivity index (χ3v) is 2.99. The van der Waals surface area contributed by atoms with Gasteiger partial charge in [0.1, 0.15) is 0 Å². The van der Waals surface area contributed by atoms with E-state index < -0.39 is 0 Å². The second kappa shape index (κ2) is 5.73. The molecule has 102 valence electrons. The quantitative estimate of drug-likeness (QED) is 0.792. The molecule has 0 fully saturated rings. The van der Waals surface area contributed by atoms with Gasteiger partial charge in [0.15, 0.2) is 0 Å². The molecule has 0 saturated heterocycles. The van der Waals surface area contributed by atoms with E-state index in [1.165, 1.54) is 0 Å². The van der Waals surface area contributed by atoms with Gasteiger partial charge in [-0.1, -0.05) is 6.07 Å². The topological polar surface area (TPSA) is 67.4 Å². The van der Waals surface area contributed by atoms with Crippen LogP contribution in [0.1, 0.15) is 36.2 Å². The van der Waals surface area contributed by atoms with E-state index in [1.807, 2.05) is 25.1 Å². The summed E-state index contributed by atoms with van der Waals surface area (Å²) in [7, 11) is 0. The molecule has 1 heterocycles. The van der Waals surface area contributed by atoms with Crippen LogP contribution in [0.2, 0.25) is 0 Å². The van der Waals surface area contributed by atoms with E-state index >= 15 is 0 Å². The Bertz CT molecular complexity index is 499. The molecule has 1 aliphatic rings. The Morgan fingerprint density at radius 2 is 2.32 bits per heavy atom. The standard InChI is InChI=1S/C14H18N2O3/c1-3-19-13(17)6-9(2)16-11-5-4-10-8-15-14(18)12(10)7-11/h4-5,7,9,16H,3,6,8H2,1-2H3,(H,15,18). The molecule has 0 radical (unpaired) electrons. The maximum absolute atomic E-state index is 11.6. The molecule has 1 aromatic rings. The first kappa shape index (κ1) is 13.4. The molecule has 0 saturated carbocycles. The molecule has 2 N–H and O–H groups in total. The van der Waals surface area contributed by atoms with Gasteiger partial charge in [0.2, 0.25) is 0 Å². The highest BCUT2D eigenvalue weighted by atomic mass is 16.5. The number of benzene rings is 1. The molecular formula is C14H18N2O3. The van der Waals surface area contributed by atoms with Gasteiger partial charge in [-0.3, -0.25) is 9.59 Å². The highest BCUT2D eigenvalue weighted by Crippen LogP contribution is 2.21. The zero-order valence-electron chi connectivity index (χ0n) is 11.2. The number of amides is 1. The van der Waals surface area contributed by atoms with Crippen molar-refractivity contribution in [2.24, 2.45) is 0 Å². The number of carbonyl (C=O) groups is 2. The Hall–Kier alpha value is -2.04. The highest BCUT2D eigenvalue weighted by molar-refractivity contribution is 5.99. The van der Waals surface area contributed by atoms with Crippen molar-refractivity contribution < 1.29 is 14.3 Å². The fourth-order valence-electron chi connectivity index (χ4n) is 2.11. The second-order valence-electron chi connectivity index (χ2n) is 4.61. The van der Waals surface area contributed by atoms with Crippen molar-refractivity contribution in [2.75, 3.05) is 11.9 Å². The number of anilines is 1. The van der Waals surface area contributed by atoms with Gasteiger partial charge in [0.25, 0.3) is 5.91 Å². The molecule has 0 aliphatic carbocycles. The molecule has 1 unspecified atom stereocenters. The summed E-state index contributed by atoms with van der Waals surface area (Å²) in [5.41, 5.74) is 2.55. The second-order valence-corrected chi connectivity index (χ2v) is 4.61. The minimum Gasteiger partial charge on any atom is -0.466 e. The van der Waals surface area contributed by atoms with E-state index in [2.05, 4.69) is 10.6 Å². The van der Waals surface area contributed by atoms with E-state index in [9.17, 15) is 9.59 Å². The maximum Gasteiger partial charge on any atom is 0.307 e. The summed E-state index contributed by atoms with van der Waals surface area (Å²) in [5.74, 6) is -0.266. The summed E-state index contributed by atoms with van der Waals surface area (Å²) in [6, 6.07) is 5.62. The van der Waals surface area contributed by atoms with Crippen molar-refractivity contribution in [2.45, 2.75) is 32.9 Å². The van der Waals surface area contributed by atoms with Crippen molar-refractivity contribution in [3.8, 4) is 0 Å². The fraction of sp³-hybridized carbons (Fsp3) is 0.429. The van der Waals surface area contributed by atoms with Crippen LogP contribution in [0.3, 0.4) is 0 Å².